The van der Waals surface area contributed by atoms with Crippen LogP contribution < -0.4 is 10.5 Å². The number of aliphatic hydroxyl groups is 1. The zero-order valence-electron chi connectivity index (χ0n) is 9.41. The first-order valence-electron chi connectivity index (χ1n) is 5.22. The summed E-state index contributed by atoms with van der Waals surface area (Å²) in [6.07, 6.45) is 2.19. The highest BCUT2D eigenvalue weighted by molar-refractivity contribution is 7.89. The third kappa shape index (κ3) is 6.31. The Morgan fingerprint density at radius 1 is 1.53 bits per heavy atom. The van der Waals surface area contributed by atoms with E-state index in [0.29, 0.717) is 26.1 Å². The molecule has 0 saturated carbocycles. The molecule has 0 atom stereocenters. The molecule has 0 fully saturated rings. The van der Waals surface area contributed by atoms with Crippen molar-refractivity contribution in [2.75, 3.05) is 18.9 Å². The molecule has 0 bridgehead atoms. The van der Waals surface area contributed by atoms with Crippen LogP contribution >= 0.6 is 0 Å². The maximum Gasteiger partial charge on any atom is 0.209 e. The van der Waals surface area contributed by atoms with E-state index < -0.39 is 10.0 Å². The minimum atomic E-state index is -3.37. The minimum Gasteiger partial charge on any atom is -0.394 e. The fourth-order valence-corrected chi connectivity index (χ4v) is 1.79. The zero-order valence-corrected chi connectivity index (χ0v) is 10.2. The minimum absolute atomic E-state index is 0.0184. The normalized spacial score (nSPS) is 11.9. The second-order valence-corrected chi connectivity index (χ2v) is 5.33. The molecular formula is C8H17N5O3S. The Morgan fingerprint density at radius 2 is 2.29 bits per heavy atom. The monoisotopic (exact) mass is 263 g/mol. The second-order valence-electron chi connectivity index (χ2n) is 3.59. The topological polar surface area (TPSA) is 123 Å². The smallest absolute Gasteiger partial charge is 0.209 e. The lowest BCUT2D eigenvalue weighted by Gasteiger charge is -2.01. The zero-order chi connectivity index (χ0) is 12.7. The molecule has 0 spiro atoms. The van der Waals surface area contributed by atoms with Gasteiger partial charge in [-0.15, -0.1) is 5.10 Å². The molecular weight excluding hydrogens is 246 g/mol. The van der Waals surface area contributed by atoms with Crippen LogP contribution in [0.4, 0.5) is 0 Å². The second kappa shape index (κ2) is 6.64. The third-order valence-corrected chi connectivity index (χ3v) is 2.86. The van der Waals surface area contributed by atoms with Gasteiger partial charge in [-0.3, -0.25) is 0 Å². The van der Waals surface area contributed by atoms with Gasteiger partial charge in [0.15, 0.2) is 0 Å². The van der Waals surface area contributed by atoms with Crippen LogP contribution in [0.25, 0.3) is 0 Å². The summed E-state index contributed by atoms with van der Waals surface area (Å²) in [5.41, 5.74) is 0.744. The van der Waals surface area contributed by atoms with Crippen molar-refractivity contribution in [1.29, 1.82) is 0 Å². The van der Waals surface area contributed by atoms with E-state index in [9.17, 15) is 8.42 Å². The highest BCUT2D eigenvalue weighted by Gasteiger charge is 2.02. The fraction of sp³-hybridized carbons (Fsp3) is 0.750. The van der Waals surface area contributed by atoms with E-state index >= 15 is 0 Å². The Hall–Kier alpha value is -1.03. The van der Waals surface area contributed by atoms with Gasteiger partial charge in [0.2, 0.25) is 10.0 Å². The van der Waals surface area contributed by atoms with Crippen LogP contribution in [-0.2, 0) is 23.1 Å². The van der Waals surface area contributed by atoms with Gasteiger partial charge in [-0.1, -0.05) is 5.21 Å². The largest absolute Gasteiger partial charge is 0.394 e. The van der Waals surface area contributed by atoms with Crippen LogP contribution in [0.2, 0.25) is 0 Å². The molecule has 1 aromatic rings. The number of sulfonamides is 1. The van der Waals surface area contributed by atoms with Gasteiger partial charge in [0.05, 0.1) is 24.6 Å². The Labute approximate surface area is 99.9 Å². The summed E-state index contributed by atoms with van der Waals surface area (Å²) in [5.74, 6) is -0.0306. The quantitative estimate of drug-likeness (QED) is 0.468. The number of nitrogens with zero attached hydrogens (tertiary/aromatic N) is 3. The van der Waals surface area contributed by atoms with Gasteiger partial charge in [0.25, 0.3) is 0 Å². The molecule has 9 heteroatoms. The van der Waals surface area contributed by atoms with Crippen molar-refractivity contribution in [3.63, 3.8) is 0 Å². The van der Waals surface area contributed by atoms with Gasteiger partial charge in [-0.2, -0.15) is 0 Å². The molecule has 0 aromatic carbocycles. The van der Waals surface area contributed by atoms with Crippen LogP contribution in [0.1, 0.15) is 12.1 Å². The van der Waals surface area contributed by atoms with Crippen molar-refractivity contribution in [3.05, 3.63) is 11.9 Å². The molecule has 1 rings (SSSR count). The van der Waals surface area contributed by atoms with E-state index in [2.05, 4.69) is 15.6 Å². The summed E-state index contributed by atoms with van der Waals surface area (Å²) < 4.78 is 22.8. The maximum absolute atomic E-state index is 10.6. The molecule has 98 valence electrons. The van der Waals surface area contributed by atoms with Crippen LogP contribution in [0.15, 0.2) is 6.20 Å². The summed E-state index contributed by atoms with van der Waals surface area (Å²) in [5, 5.41) is 24.2. The average Bonchev–Trinajstić information content (AvgIpc) is 2.64. The van der Waals surface area contributed by atoms with Gasteiger partial charge in [-0.05, 0) is 13.0 Å². The number of nitrogens with two attached hydrogens (primary N) is 1. The standard InChI is InChI=1S/C8H17N5O3S/c9-17(15,16)5-1-2-10-6-8-7-13(3-4-14)12-11-8/h7,10,14H,1-6H2,(H2,9,15,16). The Balaban J connectivity index is 2.17. The number of hydrogen-bond acceptors (Lipinski definition) is 6. The summed E-state index contributed by atoms with van der Waals surface area (Å²) in [7, 11) is -3.37. The molecule has 1 aromatic heterocycles. The van der Waals surface area contributed by atoms with Gasteiger partial charge in [0.1, 0.15) is 0 Å². The molecule has 1 heterocycles. The molecule has 0 unspecified atom stereocenters. The average molecular weight is 263 g/mol. The first-order valence-corrected chi connectivity index (χ1v) is 6.94. The summed E-state index contributed by atoms with van der Waals surface area (Å²) in [6, 6.07) is 0. The lowest BCUT2D eigenvalue weighted by atomic mass is 10.4. The molecule has 0 amide bonds. The van der Waals surface area contributed by atoms with Crippen molar-refractivity contribution < 1.29 is 13.5 Å². The number of nitrogens with one attached hydrogen (secondary N) is 1. The Bertz CT molecular complexity index is 430. The van der Waals surface area contributed by atoms with E-state index in [0.717, 1.165) is 5.69 Å². The molecule has 8 nitrogen and oxygen atoms in total. The van der Waals surface area contributed by atoms with Crippen molar-refractivity contribution in [1.82, 2.24) is 20.3 Å². The number of aromatic nitrogens is 3. The molecule has 0 saturated heterocycles. The third-order valence-electron chi connectivity index (χ3n) is 2.00. The van der Waals surface area contributed by atoms with E-state index in [4.69, 9.17) is 10.2 Å². The fourth-order valence-electron chi connectivity index (χ4n) is 1.25. The van der Waals surface area contributed by atoms with Crippen LogP contribution in [-0.4, -0.2) is 47.4 Å². The predicted molar refractivity (Wildman–Crippen MR) is 61.4 cm³/mol. The highest BCUT2D eigenvalue weighted by atomic mass is 32.2. The van der Waals surface area contributed by atoms with Crippen LogP contribution in [0, 0.1) is 0 Å². The Kier molecular flexibility index (Phi) is 5.48. The van der Waals surface area contributed by atoms with Crippen molar-refractivity contribution in [2.24, 2.45) is 5.14 Å². The van der Waals surface area contributed by atoms with Crippen molar-refractivity contribution in [3.8, 4) is 0 Å². The SMILES string of the molecule is NS(=O)(=O)CCCNCc1cn(CCO)nn1. The van der Waals surface area contributed by atoms with Crippen LogP contribution in [0.3, 0.4) is 0 Å². The summed E-state index contributed by atoms with van der Waals surface area (Å²) in [6.45, 7) is 1.49. The molecule has 0 aliphatic heterocycles. The lowest BCUT2D eigenvalue weighted by Crippen LogP contribution is -2.22. The van der Waals surface area contributed by atoms with Crippen molar-refractivity contribution >= 4 is 10.0 Å². The van der Waals surface area contributed by atoms with E-state index in [-0.39, 0.29) is 12.4 Å². The molecule has 17 heavy (non-hydrogen) atoms. The number of rotatable bonds is 8. The first-order chi connectivity index (χ1) is 8.01. The van der Waals surface area contributed by atoms with Gasteiger partial charge >= 0.3 is 0 Å². The van der Waals surface area contributed by atoms with Gasteiger partial charge in [-0.25, -0.2) is 18.2 Å². The number of hydrogen-bond donors (Lipinski definition) is 3. The molecule has 4 N–H and O–H groups in total. The molecule has 0 aliphatic carbocycles. The first kappa shape index (κ1) is 14.0. The highest BCUT2D eigenvalue weighted by Crippen LogP contribution is 1.92. The Morgan fingerprint density at radius 3 is 2.94 bits per heavy atom. The van der Waals surface area contributed by atoms with E-state index in [1.165, 1.54) is 0 Å². The molecule has 0 radical (unpaired) electrons. The number of primary sulfonamides is 1. The summed E-state index contributed by atoms with van der Waals surface area (Å²) in [4.78, 5) is 0. The van der Waals surface area contributed by atoms with E-state index in [1.807, 2.05) is 0 Å². The lowest BCUT2D eigenvalue weighted by molar-refractivity contribution is 0.268. The summed E-state index contributed by atoms with van der Waals surface area (Å²) >= 11 is 0. The maximum atomic E-state index is 10.6. The van der Waals surface area contributed by atoms with Gasteiger partial charge < -0.3 is 10.4 Å². The van der Waals surface area contributed by atoms with E-state index in [1.54, 1.807) is 10.9 Å². The number of aliphatic hydroxyl groups excluding tert-OH is 1. The predicted octanol–water partition coefficient (Wildman–Crippen LogP) is -1.96. The molecule has 0 aliphatic rings. The van der Waals surface area contributed by atoms with Gasteiger partial charge in [0, 0.05) is 12.7 Å². The van der Waals surface area contributed by atoms with Crippen LogP contribution in [0.5, 0.6) is 0 Å². The van der Waals surface area contributed by atoms with Crippen molar-refractivity contribution in [2.45, 2.75) is 19.5 Å².